The van der Waals surface area contributed by atoms with Gasteiger partial charge in [-0.1, -0.05) is 12.2 Å². The van der Waals surface area contributed by atoms with Crippen molar-refractivity contribution in [3.05, 3.63) is 36.2 Å². The van der Waals surface area contributed by atoms with Crippen LogP contribution in [0.5, 0.6) is 0 Å². The Morgan fingerprint density at radius 2 is 1.80 bits per heavy atom. The number of allylic oxidation sites excluding steroid dienone is 5. The standard InChI is InChI=1S/C12H13NO2/c14-10-6-9(7-11(15)8-10)12-4-2-1-3-5-13-12/h1-5,9,13H,6-8H2. The maximum Gasteiger partial charge on any atom is 0.140 e. The van der Waals surface area contributed by atoms with E-state index in [9.17, 15) is 9.59 Å². The molecule has 0 aromatic rings. The van der Waals surface area contributed by atoms with E-state index in [-0.39, 0.29) is 23.9 Å². The molecule has 1 saturated carbocycles. The minimum atomic E-state index is 0.0335. The molecule has 3 heteroatoms. The molecule has 0 aromatic carbocycles. The van der Waals surface area contributed by atoms with Crippen molar-refractivity contribution in [1.29, 1.82) is 0 Å². The first-order valence-electron chi connectivity index (χ1n) is 5.09. The van der Waals surface area contributed by atoms with Crippen LogP contribution >= 0.6 is 0 Å². The number of Topliss-reactive ketones (excluding diaryl/α,β-unsaturated/α-hetero) is 2. The largest absolute Gasteiger partial charge is 0.365 e. The van der Waals surface area contributed by atoms with Crippen molar-refractivity contribution in [2.24, 2.45) is 5.92 Å². The number of hydrogen-bond donors (Lipinski definition) is 1. The van der Waals surface area contributed by atoms with Crippen LogP contribution in [0.1, 0.15) is 19.3 Å². The van der Waals surface area contributed by atoms with Crippen LogP contribution in [0.3, 0.4) is 0 Å². The smallest absolute Gasteiger partial charge is 0.140 e. The van der Waals surface area contributed by atoms with Crippen LogP contribution in [0.15, 0.2) is 36.2 Å². The van der Waals surface area contributed by atoms with E-state index in [0.29, 0.717) is 12.8 Å². The molecule has 1 aliphatic carbocycles. The Morgan fingerprint density at radius 1 is 1.07 bits per heavy atom. The maximum atomic E-state index is 11.3. The lowest BCUT2D eigenvalue weighted by molar-refractivity contribution is -0.130. The summed E-state index contributed by atoms with van der Waals surface area (Å²) in [6, 6.07) is 0. The normalized spacial score (nSPS) is 22.3. The molecule has 0 atom stereocenters. The number of carbonyl (C=O) groups is 2. The topological polar surface area (TPSA) is 46.2 Å². The van der Waals surface area contributed by atoms with E-state index in [1.54, 1.807) is 0 Å². The van der Waals surface area contributed by atoms with Gasteiger partial charge in [-0.05, 0) is 12.2 Å². The molecule has 0 unspecified atom stereocenters. The summed E-state index contributed by atoms with van der Waals surface area (Å²) in [5.74, 6) is 0.137. The maximum absolute atomic E-state index is 11.3. The quantitative estimate of drug-likeness (QED) is 0.656. The van der Waals surface area contributed by atoms with Crippen LogP contribution in [0, 0.1) is 5.92 Å². The second kappa shape index (κ2) is 4.26. The van der Waals surface area contributed by atoms with Gasteiger partial charge in [-0.2, -0.15) is 0 Å². The van der Waals surface area contributed by atoms with E-state index in [1.807, 2.05) is 30.5 Å². The molecule has 2 rings (SSSR count). The van der Waals surface area contributed by atoms with Gasteiger partial charge >= 0.3 is 0 Å². The molecular formula is C12H13NO2. The molecule has 78 valence electrons. The van der Waals surface area contributed by atoms with Crippen LogP contribution < -0.4 is 5.32 Å². The third-order valence-electron chi connectivity index (χ3n) is 2.63. The molecule has 1 aliphatic heterocycles. The fraction of sp³-hybridized carbons (Fsp3) is 0.333. The fourth-order valence-corrected chi connectivity index (χ4v) is 1.93. The van der Waals surface area contributed by atoms with Gasteiger partial charge in [0.2, 0.25) is 0 Å². The van der Waals surface area contributed by atoms with E-state index in [4.69, 9.17) is 0 Å². The van der Waals surface area contributed by atoms with Gasteiger partial charge in [0.05, 0.1) is 6.42 Å². The monoisotopic (exact) mass is 203 g/mol. The lowest BCUT2D eigenvalue weighted by atomic mass is 9.85. The van der Waals surface area contributed by atoms with Crippen molar-refractivity contribution in [2.45, 2.75) is 19.3 Å². The van der Waals surface area contributed by atoms with Crippen molar-refractivity contribution in [3.63, 3.8) is 0 Å². The van der Waals surface area contributed by atoms with Crippen LogP contribution in [0.4, 0.5) is 0 Å². The highest BCUT2D eigenvalue weighted by Crippen LogP contribution is 2.25. The van der Waals surface area contributed by atoms with Crippen LogP contribution in [0.2, 0.25) is 0 Å². The summed E-state index contributed by atoms with van der Waals surface area (Å²) in [6.45, 7) is 0. The molecule has 1 N–H and O–H groups in total. The minimum Gasteiger partial charge on any atom is -0.365 e. The van der Waals surface area contributed by atoms with Crippen LogP contribution in [-0.2, 0) is 9.59 Å². The third-order valence-corrected chi connectivity index (χ3v) is 2.63. The molecule has 0 spiro atoms. The molecular weight excluding hydrogens is 190 g/mol. The summed E-state index contributed by atoms with van der Waals surface area (Å²) >= 11 is 0. The first-order chi connectivity index (χ1) is 7.25. The van der Waals surface area contributed by atoms with Crippen LogP contribution in [0.25, 0.3) is 0 Å². The summed E-state index contributed by atoms with van der Waals surface area (Å²) in [6.07, 6.45) is 10.5. The predicted octanol–water partition coefficient (Wildman–Crippen LogP) is 1.48. The Balaban J connectivity index is 2.12. The summed E-state index contributed by atoms with van der Waals surface area (Å²) in [5, 5.41) is 3.11. The molecule has 0 amide bonds. The highest BCUT2D eigenvalue weighted by Gasteiger charge is 2.27. The molecule has 1 fully saturated rings. The zero-order chi connectivity index (χ0) is 10.7. The molecule has 1 heterocycles. The molecule has 15 heavy (non-hydrogen) atoms. The van der Waals surface area contributed by atoms with Gasteiger partial charge in [0.15, 0.2) is 0 Å². The van der Waals surface area contributed by atoms with E-state index >= 15 is 0 Å². The van der Waals surface area contributed by atoms with Crippen molar-refractivity contribution < 1.29 is 9.59 Å². The van der Waals surface area contributed by atoms with Gasteiger partial charge in [0, 0.05) is 30.7 Å². The third kappa shape index (κ3) is 2.43. The van der Waals surface area contributed by atoms with Gasteiger partial charge in [0.1, 0.15) is 11.6 Å². The van der Waals surface area contributed by atoms with Crippen molar-refractivity contribution in [2.75, 3.05) is 0 Å². The number of ketones is 2. The lowest BCUT2D eigenvalue weighted by Crippen LogP contribution is -2.27. The molecule has 0 radical (unpaired) electrons. The SMILES string of the molecule is O=C1CC(=O)CC(C2=CC=CC=CN2)C1. The molecule has 2 aliphatic rings. The van der Waals surface area contributed by atoms with Gasteiger partial charge in [0.25, 0.3) is 0 Å². The Morgan fingerprint density at radius 3 is 2.53 bits per heavy atom. The minimum absolute atomic E-state index is 0.0335. The fourth-order valence-electron chi connectivity index (χ4n) is 1.93. The van der Waals surface area contributed by atoms with Crippen molar-refractivity contribution >= 4 is 11.6 Å². The highest BCUT2D eigenvalue weighted by atomic mass is 16.1. The van der Waals surface area contributed by atoms with Crippen LogP contribution in [-0.4, -0.2) is 11.6 Å². The molecule has 0 aromatic heterocycles. The van der Waals surface area contributed by atoms with E-state index < -0.39 is 0 Å². The van der Waals surface area contributed by atoms with Gasteiger partial charge in [-0.25, -0.2) is 0 Å². The predicted molar refractivity (Wildman–Crippen MR) is 56.9 cm³/mol. The number of hydrogen-bond acceptors (Lipinski definition) is 3. The number of nitrogens with one attached hydrogen (secondary N) is 1. The Labute approximate surface area is 88.5 Å². The van der Waals surface area contributed by atoms with Crippen molar-refractivity contribution in [3.8, 4) is 0 Å². The van der Waals surface area contributed by atoms with Gasteiger partial charge < -0.3 is 5.32 Å². The Kier molecular flexibility index (Phi) is 2.81. The van der Waals surface area contributed by atoms with Gasteiger partial charge in [-0.3, -0.25) is 9.59 Å². The first-order valence-corrected chi connectivity index (χ1v) is 5.09. The summed E-state index contributed by atoms with van der Waals surface area (Å²) < 4.78 is 0. The zero-order valence-electron chi connectivity index (χ0n) is 8.40. The second-order valence-electron chi connectivity index (χ2n) is 3.87. The van der Waals surface area contributed by atoms with Gasteiger partial charge in [-0.15, -0.1) is 0 Å². The average Bonchev–Trinajstić information content (AvgIpc) is 2.43. The molecule has 3 nitrogen and oxygen atoms in total. The molecule has 0 saturated heterocycles. The summed E-state index contributed by atoms with van der Waals surface area (Å²) in [7, 11) is 0. The first kappa shape index (κ1) is 9.90. The Bertz CT molecular complexity index is 361. The Hall–Kier alpha value is -1.64. The lowest BCUT2D eigenvalue weighted by Gasteiger charge is -2.22. The highest BCUT2D eigenvalue weighted by molar-refractivity contribution is 6.01. The zero-order valence-corrected chi connectivity index (χ0v) is 8.40. The van der Waals surface area contributed by atoms with E-state index in [2.05, 4.69) is 5.32 Å². The summed E-state index contributed by atoms with van der Waals surface area (Å²) in [4.78, 5) is 22.6. The van der Waals surface area contributed by atoms with Crippen molar-refractivity contribution in [1.82, 2.24) is 5.32 Å². The van der Waals surface area contributed by atoms with E-state index in [1.165, 1.54) is 0 Å². The number of rotatable bonds is 1. The molecule has 0 bridgehead atoms. The number of carbonyl (C=O) groups excluding carboxylic acids is 2. The second-order valence-corrected chi connectivity index (χ2v) is 3.87. The summed E-state index contributed by atoms with van der Waals surface area (Å²) in [5.41, 5.74) is 0.960. The van der Waals surface area contributed by atoms with E-state index in [0.717, 1.165) is 5.70 Å². The average molecular weight is 203 g/mol.